The Labute approximate surface area is 136 Å². The number of anilines is 1. The first-order valence-electron chi connectivity index (χ1n) is 6.66. The molecule has 3 rings (SSSR count). The van der Waals surface area contributed by atoms with E-state index in [1.54, 1.807) is 24.3 Å². The second kappa shape index (κ2) is 6.37. The number of carbonyl (C=O) groups excluding carboxylic acids is 1. The van der Waals surface area contributed by atoms with Crippen LogP contribution >= 0.6 is 23.4 Å². The number of amides is 1. The SMILES string of the molecule is C[C@H](Sc1nnc2ccccn12)C(=O)Nc1cccc(Cl)c1. The number of carbonyl (C=O) groups is 1. The van der Waals surface area contributed by atoms with Gasteiger partial charge in [-0.15, -0.1) is 10.2 Å². The Morgan fingerprint density at radius 2 is 2.14 bits per heavy atom. The van der Waals surface area contributed by atoms with Crippen LogP contribution < -0.4 is 5.32 Å². The van der Waals surface area contributed by atoms with Crippen molar-refractivity contribution in [2.75, 3.05) is 5.32 Å². The highest BCUT2D eigenvalue weighted by molar-refractivity contribution is 8.00. The number of fused-ring (bicyclic) bond motifs is 1. The predicted octanol–water partition coefficient (Wildman–Crippen LogP) is 3.50. The normalized spacial score (nSPS) is 12.3. The summed E-state index contributed by atoms with van der Waals surface area (Å²) in [6, 6.07) is 12.7. The summed E-state index contributed by atoms with van der Waals surface area (Å²) < 4.78 is 1.85. The van der Waals surface area contributed by atoms with Gasteiger partial charge in [0, 0.05) is 16.9 Å². The molecule has 2 aromatic heterocycles. The molecule has 1 atom stereocenters. The molecule has 5 nitrogen and oxygen atoms in total. The van der Waals surface area contributed by atoms with Gasteiger partial charge in [-0.3, -0.25) is 9.20 Å². The van der Waals surface area contributed by atoms with Gasteiger partial charge >= 0.3 is 0 Å². The van der Waals surface area contributed by atoms with Crippen LogP contribution in [-0.2, 0) is 4.79 Å². The van der Waals surface area contributed by atoms with Crippen molar-refractivity contribution in [1.82, 2.24) is 14.6 Å². The molecular formula is C15H13ClN4OS. The Morgan fingerprint density at radius 3 is 2.95 bits per heavy atom. The smallest absolute Gasteiger partial charge is 0.237 e. The third-order valence-electron chi connectivity index (χ3n) is 3.03. The summed E-state index contributed by atoms with van der Waals surface area (Å²) in [6.45, 7) is 1.83. The lowest BCUT2D eigenvalue weighted by atomic mass is 10.3. The zero-order valence-electron chi connectivity index (χ0n) is 11.7. The van der Waals surface area contributed by atoms with Crippen molar-refractivity contribution in [1.29, 1.82) is 0 Å². The first-order chi connectivity index (χ1) is 10.6. The van der Waals surface area contributed by atoms with E-state index in [1.165, 1.54) is 11.8 Å². The number of nitrogens with zero attached hydrogens (tertiary/aromatic N) is 3. The summed E-state index contributed by atoms with van der Waals surface area (Å²) in [7, 11) is 0. The molecular weight excluding hydrogens is 320 g/mol. The lowest BCUT2D eigenvalue weighted by molar-refractivity contribution is -0.115. The van der Waals surface area contributed by atoms with Crippen LogP contribution in [0.3, 0.4) is 0 Å². The summed E-state index contributed by atoms with van der Waals surface area (Å²) >= 11 is 7.27. The fourth-order valence-electron chi connectivity index (χ4n) is 1.92. The van der Waals surface area contributed by atoms with E-state index in [2.05, 4.69) is 15.5 Å². The maximum Gasteiger partial charge on any atom is 0.237 e. The highest BCUT2D eigenvalue weighted by Gasteiger charge is 2.18. The Bertz CT molecular complexity index is 820. The lowest BCUT2D eigenvalue weighted by Gasteiger charge is -2.11. The monoisotopic (exact) mass is 332 g/mol. The van der Waals surface area contributed by atoms with Gasteiger partial charge < -0.3 is 5.32 Å². The van der Waals surface area contributed by atoms with E-state index in [0.717, 1.165) is 5.65 Å². The van der Waals surface area contributed by atoms with Gasteiger partial charge in [0.15, 0.2) is 10.8 Å². The molecule has 7 heteroatoms. The van der Waals surface area contributed by atoms with Crippen LogP contribution in [0.4, 0.5) is 5.69 Å². The molecule has 22 heavy (non-hydrogen) atoms. The van der Waals surface area contributed by atoms with E-state index >= 15 is 0 Å². The molecule has 0 aliphatic carbocycles. The number of hydrogen-bond donors (Lipinski definition) is 1. The molecule has 0 saturated heterocycles. The molecule has 0 bridgehead atoms. The molecule has 0 unspecified atom stereocenters. The summed E-state index contributed by atoms with van der Waals surface area (Å²) in [6.07, 6.45) is 1.87. The number of rotatable bonds is 4. The second-order valence-corrected chi connectivity index (χ2v) is 6.42. The van der Waals surface area contributed by atoms with Crippen molar-refractivity contribution in [3.8, 4) is 0 Å². The Balaban J connectivity index is 1.71. The fraction of sp³-hybridized carbons (Fsp3) is 0.133. The van der Waals surface area contributed by atoms with Gasteiger partial charge in [-0.1, -0.05) is 35.5 Å². The average molecular weight is 333 g/mol. The van der Waals surface area contributed by atoms with Crippen molar-refractivity contribution in [2.45, 2.75) is 17.3 Å². The number of nitrogens with one attached hydrogen (secondary N) is 1. The molecule has 1 aromatic carbocycles. The largest absolute Gasteiger partial charge is 0.325 e. The van der Waals surface area contributed by atoms with E-state index in [9.17, 15) is 4.79 Å². The zero-order valence-corrected chi connectivity index (χ0v) is 13.3. The first-order valence-corrected chi connectivity index (χ1v) is 7.92. The van der Waals surface area contributed by atoms with Crippen molar-refractivity contribution < 1.29 is 4.79 Å². The fourth-order valence-corrected chi connectivity index (χ4v) is 2.95. The minimum absolute atomic E-state index is 0.111. The maximum absolute atomic E-state index is 12.3. The summed E-state index contributed by atoms with van der Waals surface area (Å²) in [5.41, 5.74) is 1.43. The van der Waals surface area contributed by atoms with E-state index in [1.807, 2.05) is 35.7 Å². The van der Waals surface area contributed by atoms with Gasteiger partial charge in [0.1, 0.15) is 0 Å². The highest BCUT2D eigenvalue weighted by atomic mass is 35.5. The third kappa shape index (κ3) is 3.23. The number of thioether (sulfide) groups is 1. The molecule has 0 saturated carbocycles. The van der Waals surface area contributed by atoms with Gasteiger partial charge in [-0.2, -0.15) is 0 Å². The quantitative estimate of drug-likeness (QED) is 0.743. The minimum Gasteiger partial charge on any atom is -0.325 e. The zero-order chi connectivity index (χ0) is 15.5. The molecule has 1 amide bonds. The lowest BCUT2D eigenvalue weighted by Crippen LogP contribution is -2.22. The van der Waals surface area contributed by atoms with Crippen LogP contribution in [0, 0.1) is 0 Å². The van der Waals surface area contributed by atoms with Crippen LogP contribution in [0.1, 0.15) is 6.92 Å². The van der Waals surface area contributed by atoms with Crippen LogP contribution in [0.25, 0.3) is 5.65 Å². The van der Waals surface area contributed by atoms with Gasteiger partial charge in [0.2, 0.25) is 5.91 Å². The van der Waals surface area contributed by atoms with Crippen molar-refractivity contribution in [2.24, 2.45) is 0 Å². The highest BCUT2D eigenvalue weighted by Crippen LogP contribution is 2.23. The van der Waals surface area contributed by atoms with Gasteiger partial charge in [-0.25, -0.2) is 0 Å². The van der Waals surface area contributed by atoms with Gasteiger partial charge in [0.25, 0.3) is 0 Å². The van der Waals surface area contributed by atoms with E-state index in [-0.39, 0.29) is 11.2 Å². The number of halogens is 1. The molecule has 0 aliphatic heterocycles. The predicted molar refractivity (Wildman–Crippen MR) is 88.4 cm³/mol. The molecule has 0 radical (unpaired) electrons. The molecule has 1 N–H and O–H groups in total. The van der Waals surface area contributed by atoms with Crippen LogP contribution in [-0.4, -0.2) is 25.8 Å². The second-order valence-electron chi connectivity index (χ2n) is 4.67. The van der Waals surface area contributed by atoms with Crippen LogP contribution in [0.5, 0.6) is 0 Å². The minimum atomic E-state index is -0.313. The molecule has 0 aliphatic rings. The maximum atomic E-state index is 12.3. The number of hydrogen-bond acceptors (Lipinski definition) is 4. The third-order valence-corrected chi connectivity index (χ3v) is 4.32. The Hall–Kier alpha value is -2.05. The molecule has 0 fully saturated rings. The van der Waals surface area contributed by atoms with Crippen molar-refractivity contribution in [3.05, 3.63) is 53.7 Å². The van der Waals surface area contributed by atoms with Gasteiger partial charge in [-0.05, 0) is 37.3 Å². The molecule has 3 aromatic rings. The topological polar surface area (TPSA) is 59.3 Å². The summed E-state index contributed by atoms with van der Waals surface area (Å²) in [5, 5.41) is 12.0. The summed E-state index contributed by atoms with van der Waals surface area (Å²) in [4.78, 5) is 12.3. The van der Waals surface area contributed by atoms with E-state index in [0.29, 0.717) is 15.9 Å². The van der Waals surface area contributed by atoms with E-state index in [4.69, 9.17) is 11.6 Å². The number of pyridine rings is 1. The number of aromatic nitrogens is 3. The number of benzene rings is 1. The first kappa shape index (κ1) is 14.9. The Kier molecular flexibility index (Phi) is 4.31. The van der Waals surface area contributed by atoms with Gasteiger partial charge in [0.05, 0.1) is 5.25 Å². The average Bonchev–Trinajstić information content (AvgIpc) is 2.90. The summed E-state index contributed by atoms with van der Waals surface area (Å²) in [5.74, 6) is -0.111. The van der Waals surface area contributed by atoms with E-state index < -0.39 is 0 Å². The molecule has 112 valence electrons. The molecule has 0 spiro atoms. The standard InChI is InChI=1S/C15H13ClN4OS/c1-10(14(21)17-12-6-4-5-11(16)9-12)22-15-19-18-13-7-2-3-8-20(13)15/h2-10H,1H3,(H,17,21)/t10-/m0/s1. The van der Waals surface area contributed by atoms with Crippen LogP contribution in [0.2, 0.25) is 5.02 Å². The van der Waals surface area contributed by atoms with Crippen molar-refractivity contribution >= 4 is 40.6 Å². The van der Waals surface area contributed by atoms with Crippen LogP contribution in [0.15, 0.2) is 53.8 Å². The Morgan fingerprint density at radius 1 is 1.27 bits per heavy atom. The van der Waals surface area contributed by atoms with Crippen molar-refractivity contribution in [3.63, 3.8) is 0 Å². The molecule has 2 heterocycles.